The fraction of sp³-hybridized carbons (Fsp3) is 0.400. The highest BCUT2D eigenvalue weighted by molar-refractivity contribution is 5.70. The van der Waals surface area contributed by atoms with Crippen molar-refractivity contribution in [2.45, 2.75) is 25.8 Å². The van der Waals surface area contributed by atoms with Gasteiger partial charge in [-0.15, -0.1) is 13.2 Å². The number of halogens is 5. The third-order valence-electron chi connectivity index (χ3n) is 2.17. The third-order valence-corrected chi connectivity index (χ3v) is 2.17. The number of nitrogens with zero attached hydrogens (tertiary/aromatic N) is 1. The number of aliphatic carboxylic acids is 1. The molecule has 0 bridgehead atoms. The Bertz CT molecular complexity index is 504. The molecule has 0 aliphatic carbocycles. The van der Waals surface area contributed by atoms with Crippen LogP contribution in [0.15, 0.2) is 6.07 Å². The summed E-state index contributed by atoms with van der Waals surface area (Å²) in [7, 11) is 0. The van der Waals surface area contributed by atoms with E-state index in [0.717, 1.165) is 0 Å². The van der Waals surface area contributed by atoms with Crippen LogP contribution < -0.4 is 10.5 Å². The van der Waals surface area contributed by atoms with E-state index in [9.17, 15) is 26.7 Å². The van der Waals surface area contributed by atoms with Gasteiger partial charge in [0.2, 0.25) is 5.88 Å². The summed E-state index contributed by atoms with van der Waals surface area (Å²) in [5, 5.41) is 8.60. The van der Waals surface area contributed by atoms with Gasteiger partial charge in [0, 0.05) is 6.54 Å². The lowest BCUT2D eigenvalue weighted by atomic mass is 10.1. The quantitative estimate of drug-likeness (QED) is 0.812. The predicted octanol–water partition coefficient (Wildman–Crippen LogP) is 2.00. The first kappa shape index (κ1) is 16.1. The number of rotatable bonds is 5. The molecule has 0 spiro atoms. The second-order valence-electron chi connectivity index (χ2n) is 3.61. The van der Waals surface area contributed by atoms with Gasteiger partial charge >= 0.3 is 12.3 Å². The summed E-state index contributed by atoms with van der Waals surface area (Å²) in [6, 6.07) is 0.606. The van der Waals surface area contributed by atoms with Gasteiger partial charge in [0.15, 0.2) is 0 Å². The molecule has 0 fully saturated rings. The van der Waals surface area contributed by atoms with Crippen LogP contribution in [0.2, 0.25) is 0 Å². The Labute approximate surface area is 109 Å². The van der Waals surface area contributed by atoms with E-state index < -0.39 is 43.2 Å². The smallest absolute Gasteiger partial charge is 0.481 e. The van der Waals surface area contributed by atoms with E-state index in [4.69, 9.17) is 10.8 Å². The summed E-state index contributed by atoms with van der Waals surface area (Å²) < 4.78 is 65.1. The number of pyridine rings is 1. The Morgan fingerprint density at radius 1 is 1.45 bits per heavy atom. The molecule has 3 N–H and O–H groups in total. The van der Waals surface area contributed by atoms with E-state index in [1.807, 2.05) is 0 Å². The topological polar surface area (TPSA) is 85.4 Å². The van der Waals surface area contributed by atoms with Gasteiger partial charge in [0.1, 0.15) is 0 Å². The average Bonchev–Trinajstić information content (AvgIpc) is 2.27. The van der Waals surface area contributed by atoms with Crippen LogP contribution in [0.5, 0.6) is 5.88 Å². The van der Waals surface area contributed by atoms with Crippen molar-refractivity contribution in [1.82, 2.24) is 4.98 Å². The van der Waals surface area contributed by atoms with Crippen LogP contribution >= 0.6 is 0 Å². The van der Waals surface area contributed by atoms with Crippen LogP contribution in [-0.2, 0) is 17.8 Å². The molecule has 0 atom stereocenters. The van der Waals surface area contributed by atoms with Gasteiger partial charge in [-0.25, -0.2) is 13.8 Å². The highest BCUT2D eigenvalue weighted by Gasteiger charge is 2.34. The second kappa shape index (κ2) is 5.99. The predicted molar refractivity (Wildman–Crippen MR) is 55.1 cm³/mol. The van der Waals surface area contributed by atoms with E-state index in [2.05, 4.69) is 9.72 Å². The molecule has 1 aromatic rings. The summed E-state index contributed by atoms with van der Waals surface area (Å²) in [6.45, 7) is -0.416. The van der Waals surface area contributed by atoms with Crippen LogP contribution in [0.1, 0.15) is 23.2 Å². The van der Waals surface area contributed by atoms with Gasteiger partial charge in [-0.2, -0.15) is 0 Å². The van der Waals surface area contributed by atoms with Crippen molar-refractivity contribution in [2.75, 3.05) is 0 Å². The highest BCUT2D eigenvalue weighted by Crippen LogP contribution is 2.33. The first-order chi connectivity index (χ1) is 9.14. The molecule has 0 aliphatic rings. The summed E-state index contributed by atoms with van der Waals surface area (Å²) in [5.74, 6) is -2.69. The number of hydrogen-bond acceptors (Lipinski definition) is 4. The van der Waals surface area contributed by atoms with Gasteiger partial charge in [-0.3, -0.25) is 4.79 Å². The Kier molecular flexibility index (Phi) is 4.82. The zero-order chi connectivity index (χ0) is 15.5. The normalized spacial score (nSPS) is 11.8. The van der Waals surface area contributed by atoms with Crippen LogP contribution in [0.3, 0.4) is 0 Å². The maximum absolute atomic E-state index is 12.7. The van der Waals surface area contributed by atoms with Crippen molar-refractivity contribution in [3.05, 3.63) is 22.9 Å². The molecule has 20 heavy (non-hydrogen) atoms. The van der Waals surface area contributed by atoms with E-state index in [0.29, 0.717) is 6.07 Å². The first-order valence-corrected chi connectivity index (χ1v) is 5.12. The lowest BCUT2D eigenvalue weighted by Crippen LogP contribution is -2.21. The molecule has 0 saturated carbocycles. The molecule has 1 heterocycles. The van der Waals surface area contributed by atoms with Gasteiger partial charge in [0.25, 0.3) is 6.43 Å². The molecule has 0 saturated heterocycles. The molecule has 112 valence electrons. The maximum Gasteiger partial charge on any atom is 0.574 e. The fourth-order valence-corrected chi connectivity index (χ4v) is 1.43. The van der Waals surface area contributed by atoms with Gasteiger partial charge < -0.3 is 15.6 Å². The fourth-order valence-electron chi connectivity index (χ4n) is 1.43. The van der Waals surface area contributed by atoms with E-state index in [1.165, 1.54) is 0 Å². The Morgan fingerprint density at radius 3 is 2.45 bits per heavy atom. The number of carbonyl (C=O) groups is 1. The highest BCUT2D eigenvalue weighted by atomic mass is 19.4. The first-order valence-electron chi connectivity index (χ1n) is 5.12. The minimum atomic E-state index is -5.20. The molecule has 0 amide bonds. The summed E-state index contributed by atoms with van der Waals surface area (Å²) in [4.78, 5) is 13.8. The number of alkyl halides is 5. The number of carboxylic acid groups (broad SMARTS) is 1. The van der Waals surface area contributed by atoms with Crippen LogP contribution in [0.4, 0.5) is 22.0 Å². The zero-order valence-electron chi connectivity index (χ0n) is 9.75. The van der Waals surface area contributed by atoms with Crippen molar-refractivity contribution in [2.24, 2.45) is 5.73 Å². The van der Waals surface area contributed by atoms with Gasteiger partial charge in [-0.05, 0) is 11.6 Å². The lowest BCUT2D eigenvalue weighted by molar-refractivity contribution is -0.276. The minimum Gasteiger partial charge on any atom is -0.481 e. The molecule has 1 rings (SSSR count). The summed E-state index contributed by atoms with van der Waals surface area (Å²) in [6.07, 6.45) is -9.19. The standard InChI is InChI=1S/C10H9F5N2O3/c11-8(12)5-1-4(2-7(18)19)6(3-16)17-9(5)20-10(13,14)15/h1,8H,2-3,16H2,(H,18,19). The van der Waals surface area contributed by atoms with E-state index in [1.54, 1.807) is 0 Å². The van der Waals surface area contributed by atoms with Crippen molar-refractivity contribution in [3.63, 3.8) is 0 Å². The van der Waals surface area contributed by atoms with E-state index in [-0.39, 0.29) is 11.3 Å². The van der Waals surface area contributed by atoms with Crippen molar-refractivity contribution < 1.29 is 36.6 Å². The summed E-state index contributed by atoms with van der Waals surface area (Å²) >= 11 is 0. The maximum atomic E-state index is 12.7. The third kappa shape index (κ3) is 4.30. The molecular weight excluding hydrogens is 291 g/mol. The SMILES string of the molecule is NCc1nc(OC(F)(F)F)c(C(F)F)cc1CC(=O)O. The summed E-state index contributed by atoms with van der Waals surface area (Å²) in [5.41, 5.74) is 3.62. The number of carboxylic acids is 1. The van der Waals surface area contributed by atoms with E-state index >= 15 is 0 Å². The lowest BCUT2D eigenvalue weighted by Gasteiger charge is -2.15. The van der Waals surface area contributed by atoms with Gasteiger partial charge in [-0.1, -0.05) is 0 Å². The second-order valence-corrected chi connectivity index (χ2v) is 3.61. The Morgan fingerprint density at radius 2 is 2.05 bits per heavy atom. The minimum absolute atomic E-state index is 0.190. The van der Waals surface area contributed by atoms with Crippen LogP contribution in [-0.4, -0.2) is 22.4 Å². The molecule has 0 aliphatic heterocycles. The molecule has 1 aromatic heterocycles. The Balaban J connectivity index is 3.33. The number of aromatic nitrogens is 1. The average molecular weight is 300 g/mol. The van der Waals surface area contributed by atoms with Crippen LogP contribution in [0.25, 0.3) is 0 Å². The van der Waals surface area contributed by atoms with Crippen LogP contribution in [0, 0.1) is 0 Å². The molecule has 5 nitrogen and oxygen atoms in total. The molecular formula is C10H9F5N2O3. The largest absolute Gasteiger partial charge is 0.574 e. The van der Waals surface area contributed by atoms with Crippen molar-refractivity contribution in [1.29, 1.82) is 0 Å². The number of nitrogens with two attached hydrogens (primary N) is 1. The van der Waals surface area contributed by atoms with Crippen molar-refractivity contribution in [3.8, 4) is 5.88 Å². The molecule has 0 unspecified atom stereocenters. The zero-order valence-corrected chi connectivity index (χ0v) is 9.75. The molecule has 0 aromatic carbocycles. The Hall–Kier alpha value is -1.97. The number of ether oxygens (including phenoxy) is 1. The molecule has 10 heteroatoms. The number of hydrogen-bond donors (Lipinski definition) is 2. The van der Waals surface area contributed by atoms with Gasteiger partial charge in [0.05, 0.1) is 17.7 Å². The molecule has 0 radical (unpaired) electrons. The van der Waals surface area contributed by atoms with Crippen molar-refractivity contribution >= 4 is 5.97 Å². The monoisotopic (exact) mass is 300 g/mol.